The van der Waals surface area contributed by atoms with Crippen molar-refractivity contribution in [2.45, 2.75) is 34.2 Å². The molecule has 1 saturated heterocycles. The molecule has 1 heterocycles. The molecule has 1 aliphatic heterocycles. The summed E-state index contributed by atoms with van der Waals surface area (Å²) in [5.74, 6) is 0. The van der Waals surface area contributed by atoms with E-state index < -0.39 is 0 Å². The number of hydrogen-bond acceptors (Lipinski definition) is 3. The van der Waals surface area contributed by atoms with Gasteiger partial charge >= 0.3 is 0 Å². The molecule has 0 radical (unpaired) electrons. The Morgan fingerprint density at radius 2 is 1.66 bits per heavy atom. The van der Waals surface area contributed by atoms with Crippen LogP contribution in [-0.4, -0.2) is 43.0 Å². The standard InChI is InChI=1S/C12H18N2.C12H15N.C2H6/c1-13-7-9-14(10-8-13)11-12-5-3-2-4-6-12;1-4-8-13-11(3)12-7-5-6-10(2)9-12;1-2/h2-6H,7-11H2,1H3;4-9,13H,3H2,1-2H3;1-2H3/b;8-4-;. The lowest BCUT2D eigenvalue weighted by atomic mass is 10.1. The maximum Gasteiger partial charge on any atom is 0.0380 e. The first-order chi connectivity index (χ1) is 14.1. The molecule has 29 heavy (non-hydrogen) atoms. The van der Waals surface area contributed by atoms with Gasteiger partial charge in [-0.3, -0.25) is 4.90 Å². The van der Waals surface area contributed by atoms with Crippen molar-refractivity contribution < 1.29 is 0 Å². The summed E-state index contributed by atoms with van der Waals surface area (Å²) >= 11 is 0. The molecule has 0 aliphatic carbocycles. The average Bonchev–Trinajstić information content (AvgIpc) is 2.76. The number of nitrogens with one attached hydrogen (secondary N) is 1. The highest BCUT2D eigenvalue weighted by Crippen LogP contribution is 2.11. The minimum absolute atomic E-state index is 0.932. The first kappa shape index (κ1) is 24.7. The Labute approximate surface area is 178 Å². The van der Waals surface area contributed by atoms with E-state index in [0.29, 0.717) is 0 Å². The molecule has 0 unspecified atom stereocenters. The van der Waals surface area contributed by atoms with Crippen LogP contribution in [0.2, 0.25) is 0 Å². The zero-order valence-corrected chi connectivity index (χ0v) is 19.0. The number of likely N-dealkylation sites (N-methyl/N-ethyl adjacent to an activating group) is 1. The highest BCUT2D eigenvalue weighted by Gasteiger charge is 2.13. The third kappa shape index (κ3) is 10.1. The fourth-order valence-corrected chi connectivity index (χ4v) is 2.95. The number of nitrogens with zero attached hydrogens (tertiary/aromatic N) is 2. The number of benzene rings is 2. The highest BCUT2D eigenvalue weighted by molar-refractivity contribution is 5.62. The second-order valence-corrected chi connectivity index (χ2v) is 7.06. The summed E-state index contributed by atoms with van der Waals surface area (Å²) in [4.78, 5) is 4.91. The Kier molecular flexibility index (Phi) is 12.4. The second-order valence-electron chi connectivity index (χ2n) is 7.06. The Balaban J connectivity index is 0.000000268. The van der Waals surface area contributed by atoms with Gasteiger partial charge in [-0.2, -0.15) is 0 Å². The van der Waals surface area contributed by atoms with Crippen LogP contribution in [0.1, 0.15) is 37.5 Å². The smallest absolute Gasteiger partial charge is 0.0380 e. The molecule has 0 bridgehead atoms. The van der Waals surface area contributed by atoms with Crippen LogP contribution in [0, 0.1) is 6.92 Å². The molecule has 0 aromatic heterocycles. The summed E-state index contributed by atoms with van der Waals surface area (Å²) in [6, 6.07) is 19.0. The minimum Gasteiger partial charge on any atom is -0.362 e. The van der Waals surface area contributed by atoms with Crippen molar-refractivity contribution in [3.8, 4) is 0 Å². The summed E-state index contributed by atoms with van der Waals surface area (Å²) in [5, 5.41) is 3.10. The maximum atomic E-state index is 3.94. The average molecular weight is 394 g/mol. The molecule has 1 N–H and O–H groups in total. The molecule has 0 saturated carbocycles. The van der Waals surface area contributed by atoms with Crippen LogP contribution in [0.3, 0.4) is 0 Å². The largest absolute Gasteiger partial charge is 0.362 e. The van der Waals surface area contributed by atoms with Crippen molar-refractivity contribution in [2.75, 3.05) is 33.2 Å². The van der Waals surface area contributed by atoms with E-state index in [1.165, 1.54) is 37.3 Å². The topological polar surface area (TPSA) is 18.5 Å². The van der Waals surface area contributed by atoms with Gasteiger partial charge in [0.2, 0.25) is 0 Å². The van der Waals surface area contributed by atoms with Gasteiger partial charge in [0.05, 0.1) is 0 Å². The summed E-state index contributed by atoms with van der Waals surface area (Å²) in [7, 11) is 2.19. The van der Waals surface area contributed by atoms with Gasteiger partial charge in [0, 0.05) is 38.4 Å². The Morgan fingerprint density at radius 1 is 1.00 bits per heavy atom. The van der Waals surface area contributed by atoms with Crippen LogP contribution in [-0.2, 0) is 6.54 Å². The number of aryl methyl sites for hydroxylation is 1. The van der Waals surface area contributed by atoms with Gasteiger partial charge in [-0.15, -0.1) is 0 Å². The summed E-state index contributed by atoms with van der Waals surface area (Å²) in [5.41, 5.74) is 4.75. The molecule has 3 heteroatoms. The van der Waals surface area contributed by atoms with Crippen molar-refractivity contribution in [3.05, 3.63) is 90.1 Å². The first-order valence-corrected chi connectivity index (χ1v) is 10.7. The van der Waals surface area contributed by atoms with E-state index in [0.717, 1.165) is 17.8 Å². The fourth-order valence-electron chi connectivity index (χ4n) is 2.95. The summed E-state index contributed by atoms with van der Waals surface area (Å²) in [6.45, 7) is 17.9. The number of hydrogen-bond donors (Lipinski definition) is 1. The second kappa shape index (κ2) is 14.6. The monoisotopic (exact) mass is 393 g/mol. The normalized spacial score (nSPS) is 14.4. The van der Waals surface area contributed by atoms with Gasteiger partial charge in [-0.1, -0.05) is 80.6 Å². The van der Waals surface area contributed by atoms with E-state index in [4.69, 9.17) is 0 Å². The molecule has 2 aromatic carbocycles. The summed E-state index contributed by atoms with van der Waals surface area (Å²) < 4.78 is 0. The van der Waals surface area contributed by atoms with Crippen molar-refractivity contribution >= 4 is 5.70 Å². The van der Waals surface area contributed by atoms with Gasteiger partial charge in [-0.25, -0.2) is 0 Å². The van der Waals surface area contributed by atoms with Crippen molar-refractivity contribution in [1.29, 1.82) is 0 Å². The number of allylic oxidation sites excluding steroid dienone is 1. The molecule has 3 nitrogen and oxygen atoms in total. The Bertz CT molecular complexity index is 714. The van der Waals surface area contributed by atoms with Gasteiger partial charge < -0.3 is 10.2 Å². The quantitative estimate of drug-likeness (QED) is 0.718. The molecular weight excluding hydrogens is 354 g/mol. The van der Waals surface area contributed by atoms with Crippen LogP contribution in [0.25, 0.3) is 5.70 Å². The predicted molar refractivity (Wildman–Crippen MR) is 129 cm³/mol. The van der Waals surface area contributed by atoms with Gasteiger partial charge in [0.25, 0.3) is 0 Å². The molecule has 158 valence electrons. The van der Waals surface area contributed by atoms with Gasteiger partial charge in [0.15, 0.2) is 0 Å². The zero-order chi connectivity index (χ0) is 21.5. The summed E-state index contributed by atoms with van der Waals surface area (Å²) in [6.07, 6.45) is 3.83. The van der Waals surface area contributed by atoms with Crippen LogP contribution in [0.5, 0.6) is 0 Å². The number of rotatable bonds is 5. The SMILES string of the molecule is C=C(N/C=C\C)c1cccc(C)c1.CC.CN1CCN(Cc2ccccc2)CC1. The molecule has 0 atom stereocenters. The van der Waals surface area contributed by atoms with Crippen LogP contribution < -0.4 is 5.32 Å². The zero-order valence-electron chi connectivity index (χ0n) is 19.0. The minimum atomic E-state index is 0.932. The predicted octanol–water partition coefficient (Wildman–Crippen LogP) is 5.55. The fraction of sp³-hybridized carbons (Fsp3) is 0.385. The third-order valence-corrected chi connectivity index (χ3v) is 4.64. The molecule has 1 aliphatic rings. The van der Waals surface area contributed by atoms with E-state index in [9.17, 15) is 0 Å². The van der Waals surface area contributed by atoms with Crippen LogP contribution in [0.4, 0.5) is 0 Å². The van der Waals surface area contributed by atoms with Gasteiger partial charge in [0.1, 0.15) is 0 Å². The lowest BCUT2D eigenvalue weighted by Crippen LogP contribution is -2.43. The van der Waals surface area contributed by atoms with Crippen LogP contribution in [0.15, 0.2) is 73.5 Å². The molecule has 0 amide bonds. The lowest BCUT2D eigenvalue weighted by molar-refractivity contribution is 0.148. The van der Waals surface area contributed by atoms with E-state index in [1.807, 2.05) is 45.2 Å². The third-order valence-electron chi connectivity index (χ3n) is 4.64. The molecule has 1 fully saturated rings. The Hall–Kier alpha value is -2.36. The maximum absolute atomic E-state index is 3.94. The van der Waals surface area contributed by atoms with E-state index in [-0.39, 0.29) is 0 Å². The van der Waals surface area contributed by atoms with Crippen LogP contribution >= 0.6 is 0 Å². The number of piperazine rings is 1. The first-order valence-electron chi connectivity index (χ1n) is 10.7. The van der Waals surface area contributed by atoms with Crippen molar-refractivity contribution in [3.63, 3.8) is 0 Å². The molecular formula is C26H39N3. The lowest BCUT2D eigenvalue weighted by Gasteiger charge is -2.32. The van der Waals surface area contributed by atoms with Crippen molar-refractivity contribution in [2.24, 2.45) is 0 Å². The molecule has 2 aromatic rings. The van der Waals surface area contributed by atoms with Crippen molar-refractivity contribution in [1.82, 2.24) is 15.1 Å². The van der Waals surface area contributed by atoms with E-state index in [2.05, 4.69) is 78.1 Å². The van der Waals surface area contributed by atoms with Gasteiger partial charge in [-0.05, 0) is 44.3 Å². The molecule has 3 rings (SSSR count). The highest BCUT2D eigenvalue weighted by atomic mass is 15.2. The molecule has 0 spiro atoms. The van der Waals surface area contributed by atoms with E-state index >= 15 is 0 Å². The van der Waals surface area contributed by atoms with E-state index in [1.54, 1.807) is 0 Å². The Morgan fingerprint density at radius 3 is 2.24 bits per heavy atom.